The number of nitrogens with zero attached hydrogens (tertiary/aromatic N) is 1. The van der Waals surface area contributed by atoms with E-state index in [1.54, 1.807) is 6.07 Å². The van der Waals surface area contributed by atoms with E-state index in [2.05, 4.69) is 5.32 Å². The van der Waals surface area contributed by atoms with Gasteiger partial charge in [-0.25, -0.2) is 8.78 Å². The molecule has 2 rings (SSSR count). The molecule has 1 heterocycles. The van der Waals surface area contributed by atoms with Crippen LogP contribution in [-0.2, 0) is 6.54 Å². The summed E-state index contributed by atoms with van der Waals surface area (Å²) in [5.74, 6) is -0.406. The monoisotopic (exact) mass is 234 g/mol. The Labute approximate surface area is 96.3 Å². The molecule has 0 bridgehead atoms. The standard InChI is InChI=1S/C12H8F2N2O/c13-8-1-4-11(14)12(5-8)16-7-10-3-2-9(6-15)17-10/h1-5,16H,7H2. The molecule has 0 aliphatic heterocycles. The van der Waals surface area contributed by atoms with Gasteiger partial charge in [-0.1, -0.05) is 0 Å². The summed E-state index contributed by atoms with van der Waals surface area (Å²) in [6.07, 6.45) is 0. The lowest BCUT2D eigenvalue weighted by atomic mass is 10.3. The topological polar surface area (TPSA) is 49.0 Å². The first-order valence-electron chi connectivity index (χ1n) is 4.87. The maximum atomic E-state index is 13.2. The molecule has 0 aliphatic rings. The first kappa shape index (κ1) is 11.1. The van der Waals surface area contributed by atoms with Crippen molar-refractivity contribution in [3.63, 3.8) is 0 Å². The van der Waals surface area contributed by atoms with Crippen LogP contribution in [0.2, 0.25) is 0 Å². The molecule has 0 amide bonds. The molecule has 1 aromatic heterocycles. The molecule has 0 fully saturated rings. The smallest absolute Gasteiger partial charge is 0.203 e. The zero-order valence-corrected chi connectivity index (χ0v) is 8.71. The van der Waals surface area contributed by atoms with Crippen LogP contribution in [-0.4, -0.2) is 0 Å². The molecule has 0 saturated heterocycles. The van der Waals surface area contributed by atoms with Crippen molar-refractivity contribution in [3.8, 4) is 6.07 Å². The molecule has 0 atom stereocenters. The summed E-state index contributed by atoms with van der Waals surface area (Å²) in [4.78, 5) is 0. The van der Waals surface area contributed by atoms with Gasteiger partial charge < -0.3 is 9.73 Å². The third-order valence-corrected chi connectivity index (χ3v) is 2.15. The van der Waals surface area contributed by atoms with Gasteiger partial charge in [0.2, 0.25) is 5.76 Å². The van der Waals surface area contributed by atoms with Gasteiger partial charge in [-0.3, -0.25) is 0 Å². The molecule has 2 aromatic rings. The van der Waals surface area contributed by atoms with Crippen molar-refractivity contribution in [3.05, 3.63) is 53.5 Å². The highest BCUT2D eigenvalue weighted by Gasteiger charge is 2.05. The summed E-state index contributed by atoms with van der Waals surface area (Å²) < 4.78 is 31.2. The number of furan rings is 1. The van der Waals surface area contributed by atoms with Crippen LogP contribution in [0.3, 0.4) is 0 Å². The van der Waals surface area contributed by atoms with Crippen molar-refractivity contribution in [1.82, 2.24) is 0 Å². The predicted molar refractivity (Wildman–Crippen MR) is 57.1 cm³/mol. The van der Waals surface area contributed by atoms with Crippen LogP contribution in [0.15, 0.2) is 34.7 Å². The number of rotatable bonds is 3. The Morgan fingerprint density at radius 3 is 2.76 bits per heavy atom. The summed E-state index contributed by atoms with van der Waals surface area (Å²) in [5, 5.41) is 11.2. The SMILES string of the molecule is N#Cc1ccc(CNc2cc(F)ccc2F)o1. The van der Waals surface area contributed by atoms with E-state index in [-0.39, 0.29) is 18.0 Å². The van der Waals surface area contributed by atoms with Gasteiger partial charge in [0, 0.05) is 0 Å². The number of nitrogens with one attached hydrogen (secondary N) is 1. The minimum atomic E-state index is -0.543. The van der Waals surface area contributed by atoms with E-state index in [4.69, 9.17) is 9.68 Å². The predicted octanol–water partition coefficient (Wildman–Crippen LogP) is 3.04. The lowest BCUT2D eigenvalue weighted by molar-refractivity contribution is 0.505. The molecule has 5 heteroatoms. The van der Waals surface area contributed by atoms with Crippen molar-refractivity contribution in [2.75, 3.05) is 5.32 Å². The second-order valence-electron chi connectivity index (χ2n) is 3.36. The summed E-state index contributed by atoms with van der Waals surface area (Å²) >= 11 is 0. The molecule has 0 saturated carbocycles. The van der Waals surface area contributed by atoms with Gasteiger partial charge in [0.25, 0.3) is 0 Å². The van der Waals surface area contributed by atoms with Crippen molar-refractivity contribution >= 4 is 5.69 Å². The zero-order chi connectivity index (χ0) is 12.3. The van der Waals surface area contributed by atoms with Crippen LogP contribution >= 0.6 is 0 Å². The van der Waals surface area contributed by atoms with Crippen molar-refractivity contribution in [2.24, 2.45) is 0 Å². The molecule has 0 radical (unpaired) electrons. The largest absolute Gasteiger partial charge is 0.449 e. The molecule has 0 aliphatic carbocycles. The number of nitriles is 1. The molecule has 86 valence electrons. The number of hydrogen-bond donors (Lipinski definition) is 1. The normalized spacial score (nSPS) is 9.94. The molecule has 1 N–H and O–H groups in total. The van der Waals surface area contributed by atoms with Gasteiger partial charge in [0.1, 0.15) is 23.5 Å². The molecular weight excluding hydrogens is 226 g/mol. The van der Waals surface area contributed by atoms with Crippen molar-refractivity contribution < 1.29 is 13.2 Å². The summed E-state index contributed by atoms with van der Waals surface area (Å²) in [5.41, 5.74) is 0.0555. The second kappa shape index (κ2) is 4.66. The molecule has 17 heavy (non-hydrogen) atoms. The first-order valence-corrected chi connectivity index (χ1v) is 4.87. The minimum absolute atomic E-state index is 0.0555. The van der Waals surface area contributed by atoms with E-state index in [0.29, 0.717) is 5.76 Å². The van der Waals surface area contributed by atoms with E-state index in [0.717, 1.165) is 18.2 Å². The number of hydrogen-bond acceptors (Lipinski definition) is 3. The summed E-state index contributed by atoms with van der Waals surface area (Å²) in [6, 6.07) is 8.09. The average molecular weight is 234 g/mol. The fraction of sp³-hybridized carbons (Fsp3) is 0.0833. The molecule has 3 nitrogen and oxygen atoms in total. The van der Waals surface area contributed by atoms with Gasteiger partial charge in [-0.15, -0.1) is 0 Å². The van der Waals surface area contributed by atoms with Crippen molar-refractivity contribution in [2.45, 2.75) is 6.54 Å². The fourth-order valence-electron chi connectivity index (χ4n) is 1.35. The lowest BCUT2D eigenvalue weighted by Crippen LogP contribution is -2.00. The summed E-state index contributed by atoms with van der Waals surface area (Å²) in [6.45, 7) is 0.183. The number of benzene rings is 1. The highest BCUT2D eigenvalue weighted by molar-refractivity contribution is 5.45. The Morgan fingerprint density at radius 1 is 1.24 bits per heavy atom. The van der Waals surface area contributed by atoms with Gasteiger partial charge >= 0.3 is 0 Å². The van der Waals surface area contributed by atoms with Gasteiger partial charge in [-0.05, 0) is 30.3 Å². The van der Waals surface area contributed by atoms with E-state index >= 15 is 0 Å². The van der Waals surface area contributed by atoms with Crippen LogP contribution in [0.4, 0.5) is 14.5 Å². The van der Waals surface area contributed by atoms with Crippen LogP contribution in [0.25, 0.3) is 0 Å². The minimum Gasteiger partial charge on any atom is -0.449 e. The third-order valence-electron chi connectivity index (χ3n) is 2.15. The highest BCUT2D eigenvalue weighted by Crippen LogP contribution is 2.17. The van der Waals surface area contributed by atoms with Gasteiger partial charge in [-0.2, -0.15) is 5.26 Å². The van der Waals surface area contributed by atoms with Gasteiger partial charge in [0.15, 0.2) is 0 Å². The Balaban J connectivity index is 2.07. The third kappa shape index (κ3) is 2.61. The Morgan fingerprint density at radius 2 is 2.06 bits per heavy atom. The molecule has 0 unspecified atom stereocenters. The summed E-state index contributed by atoms with van der Waals surface area (Å²) in [7, 11) is 0. The average Bonchev–Trinajstić information content (AvgIpc) is 2.78. The highest BCUT2D eigenvalue weighted by atomic mass is 19.1. The van der Waals surface area contributed by atoms with E-state index in [1.807, 2.05) is 6.07 Å². The number of halogens is 2. The molecule has 0 spiro atoms. The fourth-order valence-corrected chi connectivity index (χ4v) is 1.35. The van der Waals surface area contributed by atoms with Crippen LogP contribution in [0.1, 0.15) is 11.5 Å². The maximum Gasteiger partial charge on any atom is 0.203 e. The molecule has 1 aromatic carbocycles. The van der Waals surface area contributed by atoms with E-state index in [1.165, 1.54) is 6.07 Å². The van der Waals surface area contributed by atoms with Crippen LogP contribution in [0.5, 0.6) is 0 Å². The van der Waals surface area contributed by atoms with Gasteiger partial charge in [0.05, 0.1) is 12.2 Å². The van der Waals surface area contributed by atoms with E-state index < -0.39 is 11.6 Å². The molecular formula is C12H8F2N2O. The zero-order valence-electron chi connectivity index (χ0n) is 8.71. The Bertz CT molecular complexity index is 572. The van der Waals surface area contributed by atoms with E-state index in [9.17, 15) is 8.78 Å². The Kier molecular flexibility index (Phi) is 3.06. The lowest BCUT2D eigenvalue weighted by Gasteiger charge is -2.05. The second-order valence-corrected chi connectivity index (χ2v) is 3.36. The first-order chi connectivity index (χ1) is 8.19. The Hall–Kier alpha value is -2.35. The van der Waals surface area contributed by atoms with Crippen molar-refractivity contribution in [1.29, 1.82) is 5.26 Å². The van der Waals surface area contributed by atoms with Crippen LogP contribution in [0, 0.1) is 23.0 Å². The number of anilines is 1. The maximum absolute atomic E-state index is 13.2. The quantitative estimate of drug-likeness (QED) is 0.887. The van der Waals surface area contributed by atoms with Crippen LogP contribution < -0.4 is 5.32 Å².